The standard InChI is InChI=1S/C5H5N5O/c6-4-3-5(8-1-7-3)9-2-10(4)11/h1-2,11H,6H2. The number of nitrogens with two attached hydrogens (primary N) is 1. The van der Waals surface area contributed by atoms with Crippen LogP contribution in [0.15, 0.2) is 12.7 Å². The summed E-state index contributed by atoms with van der Waals surface area (Å²) in [5.41, 5.74) is 5.85. The second kappa shape index (κ2) is 1.82. The van der Waals surface area contributed by atoms with Crippen LogP contribution in [0.4, 0.5) is 5.82 Å². The fraction of sp³-hybridized carbons (Fsp3) is 0. The molecular weight excluding hydrogens is 146 g/mol. The third-order valence-electron chi connectivity index (χ3n) is 1.36. The maximum atomic E-state index is 9.00. The largest absolute Gasteiger partial charge is 0.425 e. The molecular formula is C5H5N5O. The van der Waals surface area contributed by atoms with Crippen LogP contribution in [0.25, 0.3) is 11.5 Å². The van der Waals surface area contributed by atoms with Crippen molar-refractivity contribution in [1.29, 1.82) is 0 Å². The quantitative estimate of drug-likeness (QED) is 0.500. The molecule has 0 fully saturated rings. The molecule has 0 aliphatic carbocycles. The first kappa shape index (κ1) is 5.90. The van der Waals surface area contributed by atoms with E-state index in [-0.39, 0.29) is 5.82 Å². The summed E-state index contributed by atoms with van der Waals surface area (Å²) >= 11 is 0. The van der Waals surface area contributed by atoms with E-state index in [0.717, 1.165) is 0 Å². The van der Waals surface area contributed by atoms with E-state index < -0.39 is 0 Å². The SMILES string of the molecule is Nc1c2ncnc-2ncn1O. The van der Waals surface area contributed by atoms with Gasteiger partial charge in [0.15, 0.2) is 17.3 Å². The van der Waals surface area contributed by atoms with E-state index >= 15 is 0 Å². The van der Waals surface area contributed by atoms with Crippen LogP contribution in [-0.2, 0) is 0 Å². The van der Waals surface area contributed by atoms with Gasteiger partial charge >= 0.3 is 0 Å². The molecule has 2 aliphatic heterocycles. The van der Waals surface area contributed by atoms with Crippen LogP contribution in [0.1, 0.15) is 0 Å². The van der Waals surface area contributed by atoms with Gasteiger partial charge in [0.05, 0.1) is 0 Å². The lowest BCUT2D eigenvalue weighted by molar-refractivity contribution is 0.187. The zero-order valence-electron chi connectivity index (χ0n) is 5.47. The Labute approximate surface area is 61.6 Å². The van der Waals surface area contributed by atoms with E-state index in [1.165, 1.54) is 12.7 Å². The summed E-state index contributed by atoms with van der Waals surface area (Å²) in [5, 5.41) is 9.00. The first-order chi connectivity index (χ1) is 5.29. The Hall–Kier alpha value is -1.85. The summed E-state index contributed by atoms with van der Waals surface area (Å²) in [6.45, 7) is 0. The number of nitrogen functional groups attached to an aromatic ring is 1. The van der Waals surface area contributed by atoms with E-state index in [1.54, 1.807) is 0 Å². The van der Waals surface area contributed by atoms with Gasteiger partial charge in [-0.1, -0.05) is 0 Å². The van der Waals surface area contributed by atoms with Crippen molar-refractivity contribution in [2.24, 2.45) is 0 Å². The van der Waals surface area contributed by atoms with E-state index in [0.29, 0.717) is 16.2 Å². The molecule has 0 aromatic heterocycles. The van der Waals surface area contributed by atoms with Crippen molar-refractivity contribution in [2.75, 3.05) is 5.73 Å². The predicted octanol–water partition coefficient (Wildman–Crippen LogP) is -0.403. The second-order valence-corrected chi connectivity index (χ2v) is 2.02. The lowest BCUT2D eigenvalue weighted by Gasteiger charge is -2.02. The molecule has 0 unspecified atom stereocenters. The van der Waals surface area contributed by atoms with Gasteiger partial charge in [0.2, 0.25) is 0 Å². The maximum Gasteiger partial charge on any atom is 0.185 e. The molecule has 0 atom stereocenters. The highest BCUT2D eigenvalue weighted by Crippen LogP contribution is 2.19. The third-order valence-corrected chi connectivity index (χ3v) is 1.36. The van der Waals surface area contributed by atoms with Gasteiger partial charge in [0.25, 0.3) is 0 Å². The van der Waals surface area contributed by atoms with Gasteiger partial charge in [0, 0.05) is 0 Å². The number of anilines is 1. The monoisotopic (exact) mass is 151 g/mol. The molecule has 6 heteroatoms. The zero-order valence-corrected chi connectivity index (χ0v) is 5.47. The Balaban J connectivity index is 2.81. The minimum absolute atomic E-state index is 0.146. The number of hydrogen-bond acceptors (Lipinski definition) is 5. The number of rotatable bonds is 0. The molecule has 0 amide bonds. The number of hydrogen-bond donors (Lipinski definition) is 2. The second-order valence-electron chi connectivity index (χ2n) is 2.02. The Kier molecular flexibility index (Phi) is 0.974. The van der Waals surface area contributed by atoms with E-state index in [9.17, 15) is 0 Å². The Bertz CT molecular complexity index is 356. The van der Waals surface area contributed by atoms with Crippen LogP contribution >= 0.6 is 0 Å². The smallest absolute Gasteiger partial charge is 0.185 e. The highest BCUT2D eigenvalue weighted by Gasteiger charge is 2.12. The number of nitrogens with zero attached hydrogens (tertiary/aromatic N) is 4. The Morgan fingerprint density at radius 2 is 2.18 bits per heavy atom. The highest BCUT2D eigenvalue weighted by atomic mass is 16.5. The molecule has 0 bridgehead atoms. The number of fused-ring (bicyclic) bond motifs is 1. The van der Waals surface area contributed by atoms with Crippen molar-refractivity contribution in [1.82, 2.24) is 19.7 Å². The molecule has 3 N–H and O–H groups in total. The van der Waals surface area contributed by atoms with Crippen molar-refractivity contribution in [3.63, 3.8) is 0 Å². The first-order valence-electron chi connectivity index (χ1n) is 2.92. The molecule has 0 spiro atoms. The lowest BCUT2D eigenvalue weighted by atomic mass is 10.4. The minimum Gasteiger partial charge on any atom is -0.425 e. The van der Waals surface area contributed by atoms with Gasteiger partial charge in [0.1, 0.15) is 12.7 Å². The Morgan fingerprint density at radius 1 is 1.36 bits per heavy atom. The average molecular weight is 151 g/mol. The van der Waals surface area contributed by atoms with Crippen LogP contribution in [0.5, 0.6) is 0 Å². The molecule has 0 saturated heterocycles. The van der Waals surface area contributed by atoms with E-state index in [2.05, 4.69) is 15.0 Å². The number of aromatic nitrogens is 4. The van der Waals surface area contributed by atoms with Crippen molar-refractivity contribution in [3.05, 3.63) is 12.7 Å². The third kappa shape index (κ3) is 0.689. The molecule has 6 nitrogen and oxygen atoms in total. The fourth-order valence-electron chi connectivity index (χ4n) is 0.815. The van der Waals surface area contributed by atoms with E-state index in [4.69, 9.17) is 10.9 Å². The van der Waals surface area contributed by atoms with Crippen LogP contribution in [0.3, 0.4) is 0 Å². The summed E-state index contributed by atoms with van der Waals surface area (Å²) in [7, 11) is 0. The first-order valence-corrected chi connectivity index (χ1v) is 2.92. The van der Waals surface area contributed by atoms with Crippen molar-refractivity contribution in [2.45, 2.75) is 0 Å². The summed E-state index contributed by atoms with van der Waals surface area (Å²) in [5.74, 6) is 0.584. The lowest BCUT2D eigenvalue weighted by Crippen LogP contribution is -2.06. The predicted molar refractivity (Wildman–Crippen MR) is 36.0 cm³/mol. The molecule has 2 heterocycles. The van der Waals surface area contributed by atoms with Crippen LogP contribution < -0.4 is 5.73 Å². The van der Waals surface area contributed by atoms with Gasteiger partial charge in [-0.3, -0.25) is 0 Å². The normalized spacial score (nSPS) is 10.5. The summed E-state index contributed by atoms with van der Waals surface area (Å²) in [6.07, 6.45) is 2.51. The van der Waals surface area contributed by atoms with Crippen molar-refractivity contribution >= 4 is 5.82 Å². The fourth-order valence-corrected chi connectivity index (χ4v) is 0.815. The van der Waals surface area contributed by atoms with Crippen LogP contribution in [-0.4, -0.2) is 24.9 Å². The van der Waals surface area contributed by atoms with Gasteiger partial charge in [-0.15, -0.1) is 0 Å². The molecule has 0 saturated carbocycles. The van der Waals surface area contributed by atoms with Gasteiger partial charge in [-0.2, -0.15) is 4.73 Å². The molecule has 56 valence electrons. The van der Waals surface area contributed by atoms with E-state index in [1.807, 2.05) is 0 Å². The maximum absolute atomic E-state index is 9.00. The van der Waals surface area contributed by atoms with Crippen molar-refractivity contribution < 1.29 is 5.21 Å². The zero-order chi connectivity index (χ0) is 7.84. The van der Waals surface area contributed by atoms with Crippen LogP contribution in [0.2, 0.25) is 0 Å². The topological polar surface area (TPSA) is 89.9 Å². The minimum atomic E-state index is 0.146. The molecule has 11 heavy (non-hydrogen) atoms. The van der Waals surface area contributed by atoms with Gasteiger partial charge < -0.3 is 10.9 Å². The average Bonchev–Trinajstić information content (AvgIpc) is 2.45. The molecule has 0 radical (unpaired) electrons. The number of imidazole rings is 1. The molecule has 2 aliphatic rings. The molecule has 0 aromatic carbocycles. The molecule has 0 aromatic rings. The molecule has 2 rings (SSSR count). The summed E-state index contributed by atoms with van der Waals surface area (Å²) < 4.78 is 0.705. The van der Waals surface area contributed by atoms with Crippen LogP contribution in [0, 0.1) is 0 Å². The summed E-state index contributed by atoms with van der Waals surface area (Å²) in [4.78, 5) is 11.4. The van der Waals surface area contributed by atoms with Gasteiger partial charge in [-0.25, -0.2) is 15.0 Å². The van der Waals surface area contributed by atoms with Gasteiger partial charge in [-0.05, 0) is 0 Å². The van der Waals surface area contributed by atoms with Crippen molar-refractivity contribution in [3.8, 4) is 11.5 Å². The Morgan fingerprint density at radius 3 is 3.00 bits per heavy atom. The highest BCUT2D eigenvalue weighted by molar-refractivity contribution is 5.63. The summed E-state index contributed by atoms with van der Waals surface area (Å²) in [6, 6.07) is 0.